The van der Waals surface area contributed by atoms with Crippen LogP contribution in [0.1, 0.15) is 34.1 Å². The lowest BCUT2D eigenvalue weighted by Gasteiger charge is -2.34. The van der Waals surface area contributed by atoms with Gasteiger partial charge in [0.1, 0.15) is 5.02 Å². The number of anilines is 1. The van der Waals surface area contributed by atoms with Crippen LogP contribution in [0.4, 0.5) is 5.69 Å². The third-order valence-corrected chi connectivity index (χ3v) is 3.90. The summed E-state index contributed by atoms with van der Waals surface area (Å²) in [6, 6.07) is 0. The molecule has 0 aromatic carbocycles. The summed E-state index contributed by atoms with van der Waals surface area (Å²) in [6.45, 7) is 9.14. The molecular weight excluding hydrogens is 264 g/mol. The smallest absolute Gasteiger partial charge is 0.287 e. The first-order valence-electron chi connectivity index (χ1n) is 6.59. The zero-order chi connectivity index (χ0) is 14.6. The molecule has 1 rings (SSSR count). The molecule has 108 valence electrons. The number of aromatic nitrogens is 2. The van der Waals surface area contributed by atoms with E-state index in [2.05, 4.69) is 24.3 Å². The Labute approximate surface area is 119 Å². The Morgan fingerprint density at radius 3 is 2.68 bits per heavy atom. The van der Waals surface area contributed by atoms with Gasteiger partial charge in [-0.15, -0.1) is 0 Å². The molecule has 1 atom stereocenters. The number of aryl methyl sites for hydroxylation is 1. The van der Waals surface area contributed by atoms with Crippen LogP contribution in [0, 0.1) is 5.92 Å². The fourth-order valence-electron chi connectivity index (χ4n) is 1.66. The van der Waals surface area contributed by atoms with Crippen molar-refractivity contribution in [2.45, 2.75) is 46.2 Å². The second-order valence-electron chi connectivity index (χ2n) is 5.30. The van der Waals surface area contributed by atoms with E-state index < -0.39 is 0 Å². The Hall–Kier alpha value is -1.07. The highest BCUT2D eigenvalue weighted by atomic mass is 35.5. The Kier molecular flexibility index (Phi) is 5.38. The number of nitrogens with one attached hydrogen (secondary N) is 1. The quantitative estimate of drug-likeness (QED) is 0.840. The van der Waals surface area contributed by atoms with Gasteiger partial charge in [-0.2, -0.15) is 5.10 Å². The minimum Gasteiger partial charge on any atom is -0.376 e. The van der Waals surface area contributed by atoms with Crippen LogP contribution >= 0.6 is 11.6 Å². The highest BCUT2D eigenvalue weighted by molar-refractivity contribution is 6.32. The van der Waals surface area contributed by atoms with Crippen LogP contribution in [0.15, 0.2) is 11.0 Å². The van der Waals surface area contributed by atoms with E-state index in [4.69, 9.17) is 17.3 Å². The average molecular weight is 287 g/mol. The molecule has 3 N–H and O–H groups in total. The second-order valence-corrected chi connectivity index (χ2v) is 5.68. The molecular formula is C13H23ClN4O. The molecule has 1 heterocycles. The van der Waals surface area contributed by atoms with Gasteiger partial charge in [-0.3, -0.25) is 4.79 Å². The van der Waals surface area contributed by atoms with Crippen molar-refractivity contribution in [3.8, 4) is 0 Å². The molecule has 0 spiro atoms. The molecule has 5 nitrogen and oxygen atoms in total. The van der Waals surface area contributed by atoms with Gasteiger partial charge in [0, 0.05) is 18.6 Å². The maximum atomic E-state index is 12.0. The number of nitrogens with two attached hydrogens (primary N) is 1. The summed E-state index contributed by atoms with van der Waals surface area (Å²) in [4.78, 5) is 12.0. The number of halogens is 1. The standard InChI is InChI=1S/C13H23ClN4O/c1-5-6-18-12(19)11(14)10(7-16-18)17-13(4,8-15)9(2)3/h7,9,17H,5-6,8,15H2,1-4H3. The molecule has 0 fully saturated rings. The summed E-state index contributed by atoms with van der Waals surface area (Å²) in [5, 5.41) is 7.54. The van der Waals surface area contributed by atoms with Crippen molar-refractivity contribution in [2.75, 3.05) is 11.9 Å². The van der Waals surface area contributed by atoms with Gasteiger partial charge in [-0.1, -0.05) is 32.4 Å². The van der Waals surface area contributed by atoms with Crippen LogP contribution in [0.5, 0.6) is 0 Å². The van der Waals surface area contributed by atoms with E-state index in [1.165, 1.54) is 4.68 Å². The minimum atomic E-state index is -0.325. The number of rotatable bonds is 6. The van der Waals surface area contributed by atoms with Gasteiger partial charge in [0.25, 0.3) is 5.56 Å². The number of hydrogen-bond donors (Lipinski definition) is 2. The molecule has 0 saturated carbocycles. The molecule has 1 aromatic heterocycles. The van der Waals surface area contributed by atoms with Crippen molar-refractivity contribution >= 4 is 17.3 Å². The summed E-state index contributed by atoms with van der Waals surface area (Å²) in [6.07, 6.45) is 2.43. The van der Waals surface area contributed by atoms with Crippen LogP contribution in [0.25, 0.3) is 0 Å². The SMILES string of the molecule is CCCn1ncc(NC(C)(CN)C(C)C)c(Cl)c1=O. The van der Waals surface area contributed by atoms with Crippen molar-refractivity contribution in [1.29, 1.82) is 0 Å². The van der Waals surface area contributed by atoms with Gasteiger partial charge in [-0.25, -0.2) is 4.68 Å². The van der Waals surface area contributed by atoms with E-state index >= 15 is 0 Å². The third-order valence-electron chi connectivity index (χ3n) is 3.54. The molecule has 0 aliphatic heterocycles. The highest BCUT2D eigenvalue weighted by Crippen LogP contribution is 2.24. The number of nitrogens with zero attached hydrogens (tertiary/aromatic N) is 2. The maximum absolute atomic E-state index is 12.0. The van der Waals surface area contributed by atoms with Gasteiger partial charge < -0.3 is 11.1 Å². The first kappa shape index (κ1) is 16.0. The average Bonchev–Trinajstić information content (AvgIpc) is 2.38. The lowest BCUT2D eigenvalue weighted by atomic mass is 9.88. The summed E-state index contributed by atoms with van der Waals surface area (Å²) >= 11 is 6.13. The Bertz CT molecular complexity index is 486. The molecule has 6 heteroatoms. The summed E-state index contributed by atoms with van der Waals surface area (Å²) < 4.78 is 1.38. The van der Waals surface area contributed by atoms with Crippen LogP contribution in [0.2, 0.25) is 5.02 Å². The summed E-state index contributed by atoms with van der Waals surface area (Å²) in [5.74, 6) is 0.298. The van der Waals surface area contributed by atoms with Gasteiger partial charge in [0.05, 0.1) is 11.9 Å². The lowest BCUT2D eigenvalue weighted by molar-refractivity contribution is 0.382. The van der Waals surface area contributed by atoms with Crippen molar-refractivity contribution in [3.05, 3.63) is 21.6 Å². The van der Waals surface area contributed by atoms with E-state index in [1.54, 1.807) is 6.20 Å². The first-order chi connectivity index (χ1) is 8.85. The zero-order valence-electron chi connectivity index (χ0n) is 12.0. The van der Waals surface area contributed by atoms with Crippen LogP contribution in [0.3, 0.4) is 0 Å². The van der Waals surface area contributed by atoms with Crippen LogP contribution in [-0.4, -0.2) is 21.9 Å². The lowest BCUT2D eigenvalue weighted by Crippen LogP contribution is -2.47. The van der Waals surface area contributed by atoms with E-state index in [1.807, 2.05) is 13.8 Å². The normalized spacial score (nSPS) is 14.5. The van der Waals surface area contributed by atoms with Crippen LogP contribution < -0.4 is 16.6 Å². The van der Waals surface area contributed by atoms with Crippen molar-refractivity contribution in [3.63, 3.8) is 0 Å². The fourth-order valence-corrected chi connectivity index (χ4v) is 1.86. The summed E-state index contributed by atoms with van der Waals surface area (Å²) in [5.41, 5.74) is 5.76. The Morgan fingerprint density at radius 1 is 1.58 bits per heavy atom. The van der Waals surface area contributed by atoms with Crippen LogP contribution in [-0.2, 0) is 6.54 Å². The van der Waals surface area contributed by atoms with Crippen molar-refractivity contribution < 1.29 is 0 Å². The zero-order valence-corrected chi connectivity index (χ0v) is 12.8. The third kappa shape index (κ3) is 3.48. The molecule has 0 amide bonds. The Balaban J connectivity index is 3.10. The van der Waals surface area contributed by atoms with E-state index in [9.17, 15) is 4.79 Å². The predicted octanol–water partition coefficient (Wildman–Crippen LogP) is 2.09. The predicted molar refractivity (Wildman–Crippen MR) is 79.7 cm³/mol. The highest BCUT2D eigenvalue weighted by Gasteiger charge is 2.27. The van der Waals surface area contributed by atoms with Gasteiger partial charge in [0.15, 0.2) is 0 Å². The van der Waals surface area contributed by atoms with Crippen molar-refractivity contribution in [2.24, 2.45) is 11.7 Å². The van der Waals surface area contributed by atoms with Crippen molar-refractivity contribution in [1.82, 2.24) is 9.78 Å². The Morgan fingerprint density at radius 2 is 2.21 bits per heavy atom. The molecule has 19 heavy (non-hydrogen) atoms. The number of hydrogen-bond acceptors (Lipinski definition) is 4. The minimum absolute atomic E-state index is 0.170. The van der Waals surface area contributed by atoms with Gasteiger partial charge >= 0.3 is 0 Å². The maximum Gasteiger partial charge on any atom is 0.287 e. The van der Waals surface area contributed by atoms with E-state index in [0.717, 1.165) is 6.42 Å². The monoisotopic (exact) mass is 286 g/mol. The largest absolute Gasteiger partial charge is 0.376 e. The van der Waals surface area contributed by atoms with Gasteiger partial charge in [-0.05, 0) is 19.3 Å². The molecule has 1 aromatic rings. The van der Waals surface area contributed by atoms with E-state index in [-0.39, 0.29) is 16.1 Å². The molecule has 1 unspecified atom stereocenters. The summed E-state index contributed by atoms with van der Waals surface area (Å²) in [7, 11) is 0. The molecule has 0 aliphatic rings. The molecule has 0 saturated heterocycles. The molecule has 0 bridgehead atoms. The topological polar surface area (TPSA) is 72.9 Å². The first-order valence-corrected chi connectivity index (χ1v) is 6.97. The molecule has 0 aliphatic carbocycles. The molecule has 0 radical (unpaired) electrons. The second kappa shape index (κ2) is 6.39. The van der Waals surface area contributed by atoms with E-state index in [0.29, 0.717) is 24.7 Å². The fraction of sp³-hybridized carbons (Fsp3) is 0.692. The van der Waals surface area contributed by atoms with Gasteiger partial charge in [0.2, 0.25) is 0 Å².